The first-order valence-electron chi connectivity index (χ1n) is 4.16. The van der Waals surface area contributed by atoms with Crippen molar-refractivity contribution in [3.8, 4) is 6.07 Å². The number of halogens is 2. The number of ether oxygens (including phenoxy) is 1. The van der Waals surface area contributed by atoms with E-state index in [9.17, 15) is 4.79 Å². The van der Waals surface area contributed by atoms with Gasteiger partial charge in [0.05, 0.1) is 22.8 Å². The summed E-state index contributed by atoms with van der Waals surface area (Å²) in [5.74, 6) is -0.429. The summed E-state index contributed by atoms with van der Waals surface area (Å²) in [7, 11) is 0. The van der Waals surface area contributed by atoms with E-state index in [1.54, 1.807) is 13.0 Å². The van der Waals surface area contributed by atoms with Crippen LogP contribution in [0.25, 0.3) is 0 Å². The Hall–Kier alpha value is -0.800. The largest absolute Gasteiger partial charge is 0.462 e. The maximum Gasteiger partial charge on any atom is 0.338 e. The molecule has 0 heterocycles. The predicted molar refractivity (Wildman–Crippen MR) is 64.8 cm³/mol. The summed E-state index contributed by atoms with van der Waals surface area (Å²) in [4.78, 5) is 11.4. The third kappa shape index (κ3) is 2.83. The molecule has 0 saturated heterocycles. The molecule has 0 N–H and O–H groups in total. The van der Waals surface area contributed by atoms with Crippen LogP contribution in [0.5, 0.6) is 0 Å². The van der Waals surface area contributed by atoms with Crippen molar-refractivity contribution in [1.29, 1.82) is 5.26 Å². The molecule has 5 heteroatoms. The standard InChI is InChI=1S/C10H7ClINO2/c1-2-15-10(14)6-3-8(11)7(5-13)9(12)4-6/h3-4H,2H2,1H3. The van der Waals surface area contributed by atoms with Crippen molar-refractivity contribution in [1.82, 2.24) is 0 Å². The van der Waals surface area contributed by atoms with Crippen molar-refractivity contribution < 1.29 is 9.53 Å². The van der Waals surface area contributed by atoms with Crippen LogP contribution in [-0.2, 0) is 4.74 Å². The number of benzene rings is 1. The highest BCUT2D eigenvalue weighted by Crippen LogP contribution is 2.23. The number of hydrogen-bond donors (Lipinski definition) is 0. The van der Waals surface area contributed by atoms with E-state index in [-0.39, 0.29) is 5.02 Å². The first-order valence-corrected chi connectivity index (χ1v) is 5.62. The summed E-state index contributed by atoms with van der Waals surface area (Å²) in [6, 6.07) is 5.00. The van der Waals surface area contributed by atoms with E-state index in [4.69, 9.17) is 21.6 Å². The first kappa shape index (κ1) is 12.3. The fourth-order valence-electron chi connectivity index (χ4n) is 1.01. The van der Waals surface area contributed by atoms with Crippen molar-refractivity contribution in [2.75, 3.05) is 6.61 Å². The van der Waals surface area contributed by atoms with Gasteiger partial charge in [-0.1, -0.05) is 11.6 Å². The number of carbonyl (C=O) groups is 1. The van der Waals surface area contributed by atoms with E-state index >= 15 is 0 Å². The third-order valence-corrected chi connectivity index (χ3v) is 2.81. The molecular weight excluding hydrogens is 328 g/mol. The predicted octanol–water partition coefficient (Wildman–Crippen LogP) is 2.99. The van der Waals surface area contributed by atoms with Crippen molar-refractivity contribution >= 4 is 40.2 Å². The fourth-order valence-corrected chi connectivity index (χ4v) is 2.18. The van der Waals surface area contributed by atoms with Crippen LogP contribution >= 0.6 is 34.2 Å². The minimum atomic E-state index is -0.429. The van der Waals surface area contributed by atoms with Crippen molar-refractivity contribution in [3.05, 3.63) is 31.9 Å². The number of hydrogen-bond acceptors (Lipinski definition) is 3. The Kier molecular flexibility index (Phi) is 4.36. The summed E-state index contributed by atoms with van der Waals surface area (Å²) >= 11 is 7.80. The highest BCUT2D eigenvalue weighted by molar-refractivity contribution is 14.1. The number of esters is 1. The van der Waals surface area contributed by atoms with Crippen LogP contribution < -0.4 is 0 Å². The summed E-state index contributed by atoms with van der Waals surface area (Å²) < 4.78 is 5.47. The van der Waals surface area contributed by atoms with Crippen LogP contribution in [0.15, 0.2) is 12.1 Å². The average molecular weight is 336 g/mol. The molecule has 0 atom stereocenters. The van der Waals surface area contributed by atoms with Gasteiger partial charge in [0.1, 0.15) is 6.07 Å². The second-order valence-corrected chi connectivity index (χ2v) is 4.22. The molecule has 0 radical (unpaired) electrons. The van der Waals surface area contributed by atoms with Crippen LogP contribution in [-0.4, -0.2) is 12.6 Å². The minimum Gasteiger partial charge on any atom is -0.462 e. The SMILES string of the molecule is CCOC(=O)c1cc(Cl)c(C#N)c(I)c1. The summed E-state index contributed by atoms with van der Waals surface area (Å²) in [5, 5.41) is 9.05. The average Bonchev–Trinajstić information content (AvgIpc) is 2.17. The van der Waals surface area contributed by atoms with Gasteiger partial charge >= 0.3 is 5.97 Å². The van der Waals surface area contributed by atoms with Crippen LogP contribution in [0.4, 0.5) is 0 Å². The van der Waals surface area contributed by atoms with E-state index in [0.29, 0.717) is 21.3 Å². The van der Waals surface area contributed by atoms with Crippen molar-refractivity contribution in [2.45, 2.75) is 6.92 Å². The normalized spacial score (nSPS) is 9.47. The zero-order valence-electron chi connectivity index (χ0n) is 7.88. The van der Waals surface area contributed by atoms with E-state index in [0.717, 1.165) is 0 Å². The van der Waals surface area contributed by atoms with Crippen LogP contribution in [0.1, 0.15) is 22.8 Å². The lowest BCUT2D eigenvalue weighted by atomic mass is 10.1. The maximum absolute atomic E-state index is 11.4. The van der Waals surface area contributed by atoms with Crippen LogP contribution in [0.3, 0.4) is 0 Å². The third-order valence-electron chi connectivity index (χ3n) is 1.67. The van der Waals surface area contributed by atoms with Gasteiger partial charge in [-0.3, -0.25) is 0 Å². The Labute approximate surface area is 106 Å². The molecule has 15 heavy (non-hydrogen) atoms. The molecule has 1 aromatic carbocycles. The Bertz CT molecular complexity index is 417. The van der Waals surface area contributed by atoms with Gasteiger partial charge in [-0.05, 0) is 41.6 Å². The zero-order chi connectivity index (χ0) is 11.4. The summed E-state index contributed by atoms with van der Waals surface area (Å²) in [6.45, 7) is 2.04. The minimum absolute atomic E-state index is 0.271. The molecule has 0 unspecified atom stereocenters. The summed E-state index contributed by atoms with van der Waals surface area (Å²) in [6.07, 6.45) is 0. The molecule has 0 bridgehead atoms. The Morgan fingerprint density at radius 3 is 2.80 bits per heavy atom. The molecule has 0 spiro atoms. The summed E-state index contributed by atoms with van der Waals surface area (Å²) in [5.41, 5.74) is 0.746. The molecule has 1 aromatic rings. The number of rotatable bonds is 2. The van der Waals surface area contributed by atoms with E-state index in [1.807, 2.05) is 28.7 Å². The highest BCUT2D eigenvalue weighted by Gasteiger charge is 2.12. The smallest absolute Gasteiger partial charge is 0.338 e. The number of nitriles is 1. The van der Waals surface area contributed by atoms with Crippen LogP contribution in [0, 0.1) is 14.9 Å². The molecule has 3 nitrogen and oxygen atoms in total. The molecular formula is C10H7ClINO2. The van der Waals surface area contributed by atoms with Gasteiger partial charge in [-0.2, -0.15) is 5.26 Å². The lowest BCUT2D eigenvalue weighted by molar-refractivity contribution is 0.0526. The monoisotopic (exact) mass is 335 g/mol. The molecule has 0 aromatic heterocycles. The zero-order valence-corrected chi connectivity index (χ0v) is 10.8. The van der Waals surface area contributed by atoms with Gasteiger partial charge in [-0.25, -0.2) is 4.79 Å². The molecule has 0 amide bonds. The molecule has 78 valence electrons. The Morgan fingerprint density at radius 1 is 1.67 bits per heavy atom. The molecule has 0 fully saturated rings. The van der Waals surface area contributed by atoms with E-state index in [2.05, 4.69) is 0 Å². The first-order chi connectivity index (χ1) is 7.10. The quantitative estimate of drug-likeness (QED) is 0.617. The topological polar surface area (TPSA) is 50.1 Å². The van der Waals surface area contributed by atoms with Crippen molar-refractivity contribution in [3.63, 3.8) is 0 Å². The van der Waals surface area contributed by atoms with Gasteiger partial charge < -0.3 is 4.74 Å². The number of nitrogens with zero attached hydrogens (tertiary/aromatic N) is 1. The lowest BCUT2D eigenvalue weighted by Gasteiger charge is -2.04. The van der Waals surface area contributed by atoms with Gasteiger partial charge in [-0.15, -0.1) is 0 Å². The highest BCUT2D eigenvalue weighted by atomic mass is 127. The van der Waals surface area contributed by atoms with Crippen LogP contribution in [0.2, 0.25) is 5.02 Å². The second kappa shape index (κ2) is 5.33. The molecule has 0 aliphatic heterocycles. The molecule has 1 rings (SSSR count). The van der Waals surface area contributed by atoms with Gasteiger partial charge in [0, 0.05) is 3.57 Å². The van der Waals surface area contributed by atoms with Gasteiger partial charge in [0.15, 0.2) is 0 Å². The Balaban J connectivity index is 3.15. The maximum atomic E-state index is 11.4. The van der Waals surface area contributed by atoms with Crippen molar-refractivity contribution in [2.24, 2.45) is 0 Å². The van der Waals surface area contributed by atoms with Gasteiger partial charge in [0.25, 0.3) is 0 Å². The van der Waals surface area contributed by atoms with Gasteiger partial charge in [0.2, 0.25) is 0 Å². The second-order valence-electron chi connectivity index (χ2n) is 2.65. The molecule has 0 aliphatic rings. The molecule has 0 aliphatic carbocycles. The fraction of sp³-hybridized carbons (Fsp3) is 0.200. The van der Waals surface area contributed by atoms with E-state index < -0.39 is 5.97 Å². The molecule has 0 saturated carbocycles. The lowest BCUT2D eigenvalue weighted by Crippen LogP contribution is -2.05. The van der Waals surface area contributed by atoms with E-state index in [1.165, 1.54) is 6.07 Å². The Morgan fingerprint density at radius 2 is 2.33 bits per heavy atom. The number of carbonyl (C=O) groups excluding carboxylic acids is 1.